The van der Waals surface area contributed by atoms with E-state index >= 15 is 0 Å². The van der Waals surface area contributed by atoms with E-state index in [4.69, 9.17) is 14.5 Å². The number of carbonyl (C=O) groups excluding carboxylic acids is 1. The number of aromatic amines is 1. The third-order valence-electron chi connectivity index (χ3n) is 4.77. The van der Waals surface area contributed by atoms with Crippen LogP contribution in [0.15, 0.2) is 15.8 Å². The van der Waals surface area contributed by atoms with Gasteiger partial charge in [0.1, 0.15) is 17.9 Å². The molecule has 1 saturated heterocycles. The maximum absolute atomic E-state index is 12.2. The second-order valence-corrected chi connectivity index (χ2v) is 8.64. The van der Waals surface area contributed by atoms with Crippen molar-refractivity contribution in [2.75, 3.05) is 19.7 Å². The zero-order valence-electron chi connectivity index (χ0n) is 18.2. The minimum absolute atomic E-state index is 0.0280. The summed E-state index contributed by atoms with van der Waals surface area (Å²) in [6, 6.07) is -0.378. The predicted octanol–water partition coefficient (Wildman–Crippen LogP) is -0.475. The molecule has 1 aliphatic rings. The van der Waals surface area contributed by atoms with Crippen molar-refractivity contribution in [2.24, 2.45) is 0 Å². The number of nitrogens with zero attached hydrogens (tertiary/aromatic N) is 1. The fraction of sp³-hybridized carbons (Fsp3) is 0.632. The average Bonchev–Trinajstić information content (AvgIpc) is 3.10. The van der Waals surface area contributed by atoms with Gasteiger partial charge >= 0.3 is 19.5 Å². The van der Waals surface area contributed by atoms with E-state index < -0.39 is 44.1 Å². The van der Waals surface area contributed by atoms with Crippen LogP contribution in [-0.4, -0.2) is 62.4 Å². The Morgan fingerprint density at radius 1 is 1.33 bits per heavy atom. The first-order valence-corrected chi connectivity index (χ1v) is 12.0. The molecule has 0 saturated carbocycles. The van der Waals surface area contributed by atoms with Crippen molar-refractivity contribution >= 4 is 13.9 Å². The fourth-order valence-corrected chi connectivity index (χ4v) is 3.42. The number of unbranched alkanes of at least 4 members (excludes halogenated alkanes) is 3. The molecule has 1 unspecified atom stereocenters. The van der Waals surface area contributed by atoms with Gasteiger partial charge in [-0.05, 0) is 6.42 Å². The van der Waals surface area contributed by atoms with Gasteiger partial charge in [-0.2, -0.15) is 0 Å². The largest absolute Gasteiger partial charge is 0.469 e. The molecule has 33 heavy (non-hydrogen) atoms. The molecule has 2 heterocycles. The molecule has 0 aliphatic carbocycles. The van der Waals surface area contributed by atoms with Gasteiger partial charge < -0.3 is 30.3 Å². The lowest BCUT2D eigenvalue weighted by Gasteiger charge is -2.16. The number of H-pyrrole nitrogens is 1. The summed E-state index contributed by atoms with van der Waals surface area (Å²) in [5.41, 5.74) is -1.60. The molecule has 1 fully saturated rings. The van der Waals surface area contributed by atoms with Crippen LogP contribution in [-0.2, 0) is 13.8 Å². The lowest BCUT2D eigenvalue weighted by atomic mass is 10.2. The average molecular weight is 488 g/mol. The highest BCUT2D eigenvalue weighted by atomic mass is 31.2. The van der Waals surface area contributed by atoms with Gasteiger partial charge in [-0.3, -0.25) is 18.9 Å². The van der Waals surface area contributed by atoms with Gasteiger partial charge in [-0.15, -0.1) is 0 Å². The first-order chi connectivity index (χ1) is 15.6. The van der Waals surface area contributed by atoms with E-state index in [1.54, 1.807) is 0 Å². The maximum atomic E-state index is 12.2. The third-order valence-corrected chi connectivity index (χ3v) is 5.25. The third kappa shape index (κ3) is 9.13. The standard InChI is InChI=1S/C19H29N4O9P/c1-2-3-4-5-8-20-18(26)21-9-6-7-13-11-23(19(27)22-17(13)25)16-10-14(24)15(32-16)12-31-33(28,29)30/h11,14-16,24H,2-5,8-10,12H2,1H3,(H2,20,21,26)(H,22,25,27)(H2,28,29,30)/t14?,15-,16-/m1/s1. The van der Waals surface area contributed by atoms with E-state index in [2.05, 4.69) is 38.9 Å². The molecule has 2 amide bonds. The molecular formula is C19H29N4O9P. The summed E-state index contributed by atoms with van der Waals surface area (Å²) in [5.74, 6) is 5.19. The second kappa shape index (κ2) is 12.7. The molecule has 13 nitrogen and oxygen atoms in total. The number of hydrogen-bond acceptors (Lipinski definition) is 7. The summed E-state index contributed by atoms with van der Waals surface area (Å²) in [6.45, 7) is 2.04. The van der Waals surface area contributed by atoms with E-state index in [1.165, 1.54) is 0 Å². The smallest absolute Gasteiger partial charge is 0.390 e. The Kier molecular flexibility index (Phi) is 10.3. The lowest BCUT2D eigenvalue weighted by Crippen LogP contribution is -2.36. The first kappa shape index (κ1) is 26.8. The number of urea groups is 1. The summed E-state index contributed by atoms with van der Waals surface area (Å²) in [5, 5.41) is 15.3. The molecule has 0 spiro atoms. The van der Waals surface area contributed by atoms with Gasteiger partial charge in [-0.1, -0.05) is 38.0 Å². The van der Waals surface area contributed by atoms with Crippen LogP contribution in [0.2, 0.25) is 0 Å². The van der Waals surface area contributed by atoms with Crippen molar-refractivity contribution in [1.29, 1.82) is 0 Å². The van der Waals surface area contributed by atoms with Crippen LogP contribution in [0.5, 0.6) is 0 Å². The van der Waals surface area contributed by atoms with Gasteiger partial charge in [0.05, 0.1) is 19.3 Å². The number of aliphatic hydroxyl groups excluding tert-OH is 1. The van der Waals surface area contributed by atoms with Crippen molar-refractivity contribution in [3.05, 3.63) is 32.6 Å². The van der Waals surface area contributed by atoms with Crippen LogP contribution in [0.4, 0.5) is 4.79 Å². The van der Waals surface area contributed by atoms with Crippen LogP contribution in [0, 0.1) is 11.8 Å². The van der Waals surface area contributed by atoms with Gasteiger partial charge in [0.2, 0.25) is 0 Å². The van der Waals surface area contributed by atoms with Crippen molar-refractivity contribution in [3.8, 4) is 11.8 Å². The van der Waals surface area contributed by atoms with Gasteiger partial charge in [0.15, 0.2) is 0 Å². The summed E-state index contributed by atoms with van der Waals surface area (Å²) >= 11 is 0. The number of carbonyl (C=O) groups is 1. The Hall–Kier alpha value is -2.46. The molecular weight excluding hydrogens is 459 g/mol. The molecule has 0 bridgehead atoms. The van der Waals surface area contributed by atoms with Crippen molar-refractivity contribution in [1.82, 2.24) is 20.2 Å². The molecule has 6 N–H and O–H groups in total. The number of aliphatic hydroxyl groups is 1. The molecule has 3 atom stereocenters. The molecule has 184 valence electrons. The number of rotatable bonds is 10. The monoisotopic (exact) mass is 488 g/mol. The Labute approximate surface area is 189 Å². The SMILES string of the molecule is CCCCCCNC(=O)NCC#Cc1cn([C@H]2CC(O)[C@@H](COP(=O)(O)O)O2)c(=O)[nH]c1=O. The van der Waals surface area contributed by atoms with Crippen LogP contribution in [0.1, 0.15) is 50.8 Å². The molecule has 1 aromatic rings. The quantitative estimate of drug-likeness (QED) is 0.143. The van der Waals surface area contributed by atoms with Crippen LogP contribution in [0.25, 0.3) is 0 Å². The molecule has 2 rings (SSSR count). The van der Waals surface area contributed by atoms with E-state index in [0.717, 1.165) is 36.4 Å². The number of phosphoric acid groups is 1. The van der Waals surface area contributed by atoms with Crippen LogP contribution in [0.3, 0.4) is 0 Å². The highest BCUT2D eigenvalue weighted by molar-refractivity contribution is 7.46. The zero-order valence-corrected chi connectivity index (χ0v) is 19.0. The lowest BCUT2D eigenvalue weighted by molar-refractivity contribution is -0.0451. The Balaban J connectivity index is 1.95. The topological polar surface area (TPSA) is 192 Å². The van der Waals surface area contributed by atoms with Gasteiger partial charge in [-0.25, -0.2) is 14.2 Å². The molecule has 0 radical (unpaired) electrons. The highest BCUT2D eigenvalue weighted by Crippen LogP contribution is 2.38. The second-order valence-electron chi connectivity index (χ2n) is 7.40. The predicted molar refractivity (Wildman–Crippen MR) is 116 cm³/mol. The van der Waals surface area contributed by atoms with E-state index in [-0.39, 0.29) is 24.6 Å². The van der Waals surface area contributed by atoms with E-state index in [9.17, 15) is 24.1 Å². The Bertz CT molecular complexity index is 1020. The summed E-state index contributed by atoms with van der Waals surface area (Å²) in [6.07, 6.45) is 1.97. The van der Waals surface area contributed by atoms with Crippen LogP contribution >= 0.6 is 7.82 Å². The fourth-order valence-electron chi connectivity index (χ4n) is 3.07. The number of ether oxygens (including phenoxy) is 1. The van der Waals surface area contributed by atoms with Crippen molar-refractivity contribution < 1.29 is 33.5 Å². The maximum Gasteiger partial charge on any atom is 0.469 e. The Morgan fingerprint density at radius 2 is 2.09 bits per heavy atom. The molecule has 14 heteroatoms. The number of phosphoric ester groups is 1. The number of aromatic nitrogens is 2. The molecule has 1 aromatic heterocycles. The summed E-state index contributed by atoms with van der Waals surface area (Å²) in [7, 11) is -4.75. The van der Waals surface area contributed by atoms with E-state index in [0.29, 0.717) is 6.54 Å². The van der Waals surface area contributed by atoms with Crippen molar-refractivity contribution in [2.45, 2.75) is 57.5 Å². The summed E-state index contributed by atoms with van der Waals surface area (Å²) < 4.78 is 21.7. The Morgan fingerprint density at radius 3 is 2.79 bits per heavy atom. The highest BCUT2D eigenvalue weighted by Gasteiger charge is 2.37. The normalized spacial score (nSPS) is 20.2. The minimum Gasteiger partial charge on any atom is -0.390 e. The molecule has 1 aliphatic heterocycles. The number of nitrogens with one attached hydrogen (secondary N) is 3. The molecule has 0 aromatic carbocycles. The first-order valence-electron chi connectivity index (χ1n) is 10.5. The van der Waals surface area contributed by atoms with Gasteiger partial charge in [0, 0.05) is 19.2 Å². The number of hydrogen-bond donors (Lipinski definition) is 6. The van der Waals surface area contributed by atoms with Crippen molar-refractivity contribution in [3.63, 3.8) is 0 Å². The minimum atomic E-state index is -4.75. The summed E-state index contributed by atoms with van der Waals surface area (Å²) in [4.78, 5) is 55.6. The van der Waals surface area contributed by atoms with E-state index in [1.807, 2.05) is 0 Å². The zero-order chi connectivity index (χ0) is 24.4. The van der Waals surface area contributed by atoms with Gasteiger partial charge in [0.25, 0.3) is 5.56 Å². The van der Waals surface area contributed by atoms with Crippen LogP contribution < -0.4 is 21.9 Å². The number of amides is 2.